The quantitative estimate of drug-likeness (QED) is 0.870. The Morgan fingerprint density at radius 1 is 1.63 bits per heavy atom. The van der Waals surface area contributed by atoms with Gasteiger partial charge in [0.15, 0.2) is 0 Å². The van der Waals surface area contributed by atoms with E-state index < -0.39 is 0 Å². The number of carbonyl (C=O) groups is 1. The Labute approximate surface area is 119 Å². The maximum atomic E-state index is 12.6. The Balaban J connectivity index is 2.02. The second-order valence-electron chi connectivity index (χ2n) is 5.67. The molecule has 0 bridgehead atoms. The van der Waals surface area contributed by atoms with Crippen LogP contribution in [0.2, 0.25) is 0 Å². The molecule has 1 aliphatic heterocycles. The number of amides is 1. The molecule has 0 aliphatic carbocycles. The highest BCUT2D eigenvalue weighted by molar-refractivity contribution is 7.10. The van der Waals surface area contributed by atoms with E-state index in [9.17, 15) is 4.79 Å². The van der Waals surface area contributed by atoms with E-state index in [1.54, 1.807) is 11.3 Å². The molecule has 2 unspecified atom stereocenters. The van der Waals surface area contributed by atoms with Crippen LogP contribution in [-0.4, -0.2) is 19.0 Å². The number of carbonyl (C=O) groups excluding carboxylic acids is 1. The first kappa shape index (κ1) is 14.5. The molecule has 1 fully saturated rings. The number of piperidine rings is 1. The smallest absolute Gasteiger partial charge is 0.227 e. The molecular formula is C15H24N2OS. The van der Waals surface area contributed by atoms with Gasteiger partial charge in [0.1, 0.15) is 0 Å². The Bertz CT molecular complexity index is 396. The van der Waals surface area contributed by atoms with Crippen LogP contribution in [0.15, 0.2) is 17.5 Å². The van der Waals surface area contributed by atoms with Gasteiger partial charge in [-0.3, -0.25) is 4.79 Å². The first-order valence-corrected chi connectivity index (χ1v) is 8.09. The van der Waals surface area contributed by atoms with Gasteiger partial charge in [0.2, 0.25) is 5.91 Å². The van der Waals surface area contributed by atoms with E-state index in [1.165, 1.54) is 4.88 Å². The fraction of sp³-hybridized carbons (Fsp3) is 0.667. The van der Waals surface area contributed by atoms with Gasteiger partial charge < -0.3 is 10.6 Å². The molecule has 0 saturated carbocycles. The van der Waals surface area contributed by atoms with Crippen LogP contribution < -0.4 is 10.6 Å². The zero-order chi connectivity index (χ0) is 13.7. The summed E-state index contributed by atoms with van der Waals surface area (Å²) in [5.41, 5.74) is -0.249. The molecule has 0 spiro atoms. The molecule has 1 saturated heterocycles. The molecule has 2 rings (SSSR count). The first-order valence-electron chi connectivity index (χ1n) is 7.21. The summed E-state index contributed by atoms with van der Waals surface area (Å²) < 4.78 is 0. The van der Waals surface area contributed by atoms with Gasteiger partial charge in [-0.15, -0.1) is 11.3 Å². The highest BCUT2D eigenvalue weighted by Crippen LogP contribution is 2.29. The maximum absolute atomic E-state index is 12.6. The van der Waals surface area contributed by atoms with Gasteiger partial charge in [-0.1, -0.05) is 19.4 Å². The summed E-state index contributed by atoms with van der Waals surface area (Å²) in [5.74, 6) is 0.201. The lowest BCUT2D eigenvalue weighted by Gasteiger charge is -2.34. The molecule has 4 heteroatoms. The molecule has 1 aromatic heterocycles. The zero-order valence-corrected chi connectivity index (χ0v) is 12.7. The van der Waals surface area contributed by atoms with Crippen molar-refractivity contribution < 1.29 is 4.79 Å². The van der Waals surface area contributed by atoms with Crippen LogP contribution in [0, 0.1) is 5.41 Å². The van der Waals surface area contributed by atoms with Crippen LogP contribution in [0.3, 0.4) is 0 Å². The van der Waals surface area contributed by atoms with Crippen LogP contribution in [0.4, 0.5) is 0 Å². The minimum Gasteiger partial charge on any atom is -0.348 e. The minimum absolute atomic E-state index is 0.177. The summed E-state index contributed by atoms with van der Waals surface area (Å²) in [6.07, 6.45) is 4.16. The van der Waals surface area contributed by atoms with E-state index >= 15 is 0 Å². The summed E-state index contributed by atoms with van der Waals surface area (Å²) in [6.45, 7) is 6.07. The predicted molar refractivity (Wildman–Crippen MR) is 80.3 cm³/mol. The summed E-state index contributed by atoms with van der Waals surface area (Å²) >= 11 is 1.73. The van der Waals surface area contributed by atoms with Crippen LogP contribution in [0.5, 0.6) is 0 Å². The molecule has 0 radical (unpaired) electrons. The van der Waals surface area contributed by atoms with Gasteiger partial charge in [0.05, 0.1) is 11.5 Å². The fourth-order valence-corrected chi connectivity index (χ4v) is 3.46. The molecule has 0 aromatic carbocycles. The topological polar surface area (TPSA) is 41.1 Å². The van der Waals surface area contributed by atoms with Crippen molar-refractivity contribution in [1.29, 1.82) is 0 Å². The van der Waals surface area contributed by atoms with Crippen molar-refractivity contribution in [2.75, 3.05) is 13.1 Å². The number of hydrogen-bond acceptors (Lipinski definition) is 3. The Morgan fingerprint density at radius 3 is 3.05 bits per heavy atom. The molecule has 2 heterocycles. The van der Waals surface area contributed by atoms with Crippen LogP contribution in [-0.2, 0) is 4.79 Å². The van der Waals surface area contributed by atoms with E-state index in [4.69, 9.17) is 0 Å². The zero-order valence-electron chi connectivity index (χ0n) is 11.9. The number of thiophene rings is 1. The summed E-state index contributed by atoms with van der Waals surface area (Å²) in [6, 6.07) is 4.35. The van der Waals surface area contributed by atoms with Gasteiger partial charge in [0.25, 0.3) is 0 Å². The molecule has 19 heavy (non-hydrogen) atoms. The Morgan fingerprint density at radius 2 is 2.47 bits per heavy atom. The van der Waals surface area contributed by atoms with Gasteiger partial charge in [0, 0.05) is 11.4 Å². The van der Waals surface area contributed by atoms with E-state index in [0.29, 0.717) is 0 Å². The maximum Gasteiger partial charge on any atom is 0.227 e. The fourth-order valence-electron chi connectivity index (χ4n) is 2.65. The summed E-state index contributed by atoms with van der Waals surface area (Å²) in [5, 5.41) is 8.68. The normalized spacial score (nSPS) is 24.9. The number of rotatable bonds is 5. The summed E-state index contributed by atoms with van der Waals surface area (Å²) in [4.78, 5) is 13.8. The third kappa shape index (κ3) is 3.57. The largest absolute Gasteiger partial charge is 0.348 e. The standard InChI is InChI=1S/C15H24N2OS/c1-3-6-12(13-7-4-10-19-13)17-14(18)15(2)8-5-9-16-11-15/h4,7,10,12,16H,3,5-6,8-9,11H2,1-2H3,(H,17,18). The second kappa shape index (κ2) is 6.53. The lowest BCUT2D eigenvalue weighted by Crippen LogP contribution is -2.49. The number of nitrogens with one attached hydrogen (secondary N) is 2. The van der Waals surface area contributed by atoms with Crippen LogP contribution in [0.1, 0.15) is 50.4 Å². The second-order valence-corrected chi connectivity index (χ2v) is 6.65. The average molecular weight is 280 g/mol. The molecule has 2 N–H and O–H groups in total. The molecule has 106 valence electrons. The van der Waals surface area contributed by atoms with Gasteiger partial charge in [-0.25, -0.2) is 0 Å². The van der Waals surface area contributed by atoms with Crippen molar-refractivity contribution in [1.82, 2.24) is 10.6 Å². The predicted octanol–water partition coefficient (Wildman–Crippen LogP) is 3.10. The van der Waals surface area contributed by atoms with Crippen molar-refractivity contribution in [2.24, 2.45) is 5.41 Å². The van der Waals surface area contributed by atoms with E-state index in [0.717, 1.165) is 38.8 Å². The van der Waals surface area contributed by atoms with E-state index in [-0.39, 0.29) is 17.4 Å². The Kier molecular flexibility index (Phi) is 4.99. The minimum atomic E-state index is -0.249. The van der Waals surface area contributed by atoms with Gasteiger partial charge in [-0.2, -0.15) is 0 Å². The lowest BCUT2D eigenvalue weighted by atomic mass is 9.81. The van der Waals surface area contributed by atoms with E-state index in [2.05, 4.69) is 42.0 Å². The lowest BCUT2D eigenvalue weighted by molar-refractivity contribution is -0.131. The van der Waals surface area contributed by atoms with Crippen molar-refractivity contribution >= 4 is 17.2 Å². The molecule has 1 aromatic rings. The van der Waals surface area contributed by atoms with Crippen molar-refractivity contribution in [2.45, 2.75) is 45.6 Å². The van der Waals surface area contributed by atoms with Crippen molar-refractivity contribution in [3.63, 3.8) is 0 Å². The van der Waals surface area contributed by atoms with Crippen molar-refractivity contribution in [3.8, 4) is 0 Å². The summed E-state index contributed by atoms with van der Waals surface area (Å²) in [7, 11) is 0. The van der Waals surface area contributed by atoms with E-state index in [1.807, 2.05) is 0 Å². The monoisotopic (exact) mass is 280 g/mol. The molecule has 2 atom stereocenters. The third-order valence-electron chi connectivity index (χ3n) is 3.91. The highest BCUT2D eigenvalue weighted by atomic mass is 32.1. The average Bonchev–Trinajstić information content (AvgIpc) is 2.93. The number of hydrogen-bond donors (Lipinski definition) is 2. The third-order valence-corrected chi connectivity index (χ3v) is 4.90. The first-order chi connectivity index (χ1) is 9.15. The van der Waals surface area contributed by atoms with Crippen molar-refractivity contribution in [3.05, 3.63) is 22.4 Å². The van der Waals surface area contributed by atoms with Gasteiger partial charge in [-0.05, 0) is 44.2 Å². The highest BCUT2D eigenvalue weighted by Gasteiger charge is 2.35. The molecule has 1 aliphatic rings. The molecule has 1 amide bonds. The molecule has 3 nitrogen and oxygen atoms in total. The Hall–Kier alpha value is -0.870. The van der Waals surface area contributed by atoms with Crippen LogP contribution in [0.25, 0.3) is 0 Å². The SMILES string of the molecule is CCCC(NC(=O)C1(C)CCCNC1)c1cccs1. The molecular weight excluding hydrogens is 256 g/mol. The van der Waals surface area contributed by atoms with Gasteiger partial charge >= 0.3 is 0 Å². The van der Waals surface area contributed by atoms with Crippen LogP contribution >= 0.6 is 11.3 Å².